The van der Waals surface area contributed by atoms with Gasteiger partial charge < -0.3 is 9.64 Å². The monoisotopic (exact) mass is 432 g/mol. The first kappa shape index (κ1) is 21.2. The fraction of sp³-hybridized carbons (Fsp3) is 0.591. The molecule has 0 spiro atoms. The van der Waals surface area contributed by atoms with E-state index < -0.39 is 0 Å². The van der Waals surface area contributed by atoms with E-state index in [-0.39, 0.29) is 17.8 Å². The third kappa shape index (κ3) is 4.81. The number of carbonyl (C=O) groups excluding carboxylic acids is 1. The zero-order valence-corrected chi connectivity index (χ0v) is 18.2. The number of ether oxygens (including phenoxy) is 1. The van der Waals surface area contributed by atoms with Crippen LogP contribution >= 0.6 is 11.5 Å². The molecule has 4 rings (SSSR count). The average Bonchev–Trinajstić information content (AvgIpc) is 3.24. The van der Waals surface area contributed by atoms with Crippen LogP contribution in [0.3, 0.4) is 0 Å². The van der Waals surface area contributed by atoms with Gasteiger partial charge in [-0.05, 0) is 55.8 Å². The number of rotatable bonds is 6. The van der Waals surface area contributed by atoms with E-state index in [0.29, 0.717) is 16.7 Å². The average molecular weight is 433 g/mol. The molecule has 2 aromatic rings. The highest BCUT2D eigenvalue weighted by Crippen LogP contribution is 2.26. The Morgan fingerprint density at radius 2 is 1.90 bits per heavy atom. The van der Waals surface area contributed by atoms with E-state index in [4.69, 9.17) is 4.74 Å². The maximum Gasteiger partial charge on any atom is 0.267 e. The van der Waals surface area contributed by atoms with Crippen molar-refractivity contribution in [2.75, 3.05) is 26.2 Å². The molecule has 0 unspecified atom stereocenters. The van der Waals surface area contributed by atoms with Gasteiger partial charge in [0.25, 0.3) is 5.91 Å². The first-order chi connectivity index (χ1) is 14.7. The van der Waals surface area contributed by atoms with Gasteiger partial charge in [-0.15, -0.1) is 5.10 Å². The number of hydrogen-bond acceptors (Lipinski definition) is 6. The van der Waals surface area contributed by atoms with Crippen LogP contribution < -0.4 is 4.74 Å². The first-order valence-electron chi connectivity index (χ1n) is 10.9. The van der Waals surface area contributed by atoms with E-state index in [1.165, 1.54) is 17.6 Å². The number of aryl methyl sites for hydroxylation is 1. The molecule has 3 heterocycles. The second-order valence-corrected chi connectivity index (χ2v) is 8.86. The van der Waals surface area contributed by atoms with Crippen LogP contribution in [0.4, 0.5) is 4.39 Å². The zero-order valence-electron chi connectivity index (χ0n) is 17.4. The van der Waals surface area contributed by atoms with E-state index in [1.54, 1.807) is 18.2 Å². The fourth-order valence-corrected chi connectivity index (χ4v) is 5.10. The van der Waals surface area contributed by atoms with Gasteiger partial charge in [-0.1, -0.05) is 30.0 Å². The second-order valence-electron chi connectivity index (χ2n) is 8.11. The van der Waals surface area contributed by atoms with E-state index >= 15 is 0 Å². The number of carbonyl (C=O) groups is 1. The lowest BCUT2D eigenvalue weighted by Crippen LogP contribution is -2.50. The number of hydrogen-bond donors (Lipinski definition) is 0. The predicted molar refractivity (Wildman–Crippen MR) is 114 cm³/mol. The third-order valence-corrected chi connectivity index (χ3v) is 6.87. The topological polar surface area (TPSA) is 58.6 Å². The molecule has 30 heavy (non-hydrogen) atoms. The summed E-state index contributed by atoms with van der Waals surface area (Å²) < 4.78 is 23.7. The molecule has 0 aliphatic carbocycles. The summed E-state index contributed by atoms with van der Waals surface area (Å²) in [5, 5.41) is 4.13. The summed E-state index contributed by atoms with van der Waals surface area (Å²) in [6.45, 7) is 5.55. The first-order valence-corrected chi connectivity index (χ1v) is 11.7. The van der Waals surface area contributed by atoms with Gasteiger partial charge >= 0.3 is 0 Å². The predicted octanol–water partition coefficient (Wildman–Crippen LogP) is 3.78. The summed E-state index contributed by atoms with van der Waals surface area (Å²) in [6, 6.07) is 7.11. The van der Waals surface area contributed by atoms with Gasteiger partial charge in [-0.2, -0.15) is 0 Å². The molecule has 1 amide bonds. The number of likely N-dealkylation sites (tertiary alicyclic amines) is 2. The molecule has 0 bridgehead atoms. The molecule has 0 N–H and O–H groups in total. The van der Waals surface area contributed by atoms with Crippen molar-refractivity contribution in [1.29, 1.82) is 0 Å². The SMILES string of the molecule is CCCc1nnsc1C(=O)N1CCC(N2CCC(Oc3ccccc3F)CC2)CC1. The largest absolute Gasteiger partial charge is 0.487 e. The molecule has 2 saturated heterocycles. The third-order valence-electron chi connectivity index (χ3n) is 6.11. The molecule has 0 radical (unpaired) electrons. The molecule has 2 aliphatic heterocycles. The van der Waals surface area contributed by atoms with Gasteiger partial charge in [0.2, 0.25) is 0 Å². The van der Waals surface area contributed by atoms with Gasteiger partial charge in [0.15, 0.2) is 11.6 Å². The van der Waals surface area contributed by atoms with Crippen molar-refractivity contribution in [2.45, 2.75) is 57.6 Å². The number of aromatic nitrogens is 2. The Bertz CT molecular complexity index is 845. The number of nitrogens with zero attached hydrogens (tertiary/aromatic N) is 4. The van der Waals surface area contributed by atoms with E-state index in [1.807, 2.05) is 4.90 Å². The normalized spacial score (nSPS) is 19.2. The van der Waals surface area contributed by atoms with Gasteiger partial charge in [-0.25, -0.2) is 4.39 Å². The van der Waals surface area contributed by atoms with Crippen molar-refractivity contribution in [3.05, 3.63) is 40.7 Å². The van der Waals surface area contributed by atoms with Crippen LogP contribution in [0.2, 0.25) is 0 Å². The highest BCUT2D eigenvalue weighted by molar-refractivity contribution is 7.08. The number of amides is 1. The van der Waals surface area contributed by atoms with Crippen LogP contribution in [0, 0.1) is 5.82 Å². The number of halogens is 1. The Morgan fingerprint density at radius 1 is 1.17 bits per heavy atom. The van der Waals surface area contributed by atoms with Crippen molar-refractivity contribution >= 4 is 17.4 Å². The smallest absolute Gasteiger partial charge is 0.267 e. The van der Waals surface area contributed by atoms with Crippen molar-refractivity contribution in [2.24, 2.45) is 0 Å². The van der Waals surface area contributed by atoms with Crippen LogP contribution in [0.15, 0.2) is 24.3 Å². The molecular weight excluding hydrogens is 403 g/mol. The van der Waals surface area contributed by atoms with E-state index in [2.05, 4.69) is 21.4 Å². The van der Waals surface area contributed by atoms with Crippen LogP contribution in [-0.2, 0) is 6.42 Å². The Labute approximate surface area is 181 Å². The number of benzene rings is 1. The molecule has 1 aromatic carbocycles. The highest BCUT2D eigenvalue weighted by Gasteiger charge is 2.31. The molecular formula is C22H29FN4O2S. The summed E-state index contributed by atoms with van der Waals surface area (Å²) in [5.74, 6) is 0.141. The summed E-state index contributed by atoms with van der Waals surface area (Å²) in [5.41, 5.74) is 0.839. The van der Waals surface area contributed by atoms with Crippen molar-refractivity contribution < 1.29 is 13.9 Å². The second kappa shape index (κ2) is 9.83. The highest BCUT2D eigenvalue weighted by atomic mass is 32.1. The number of para-hydroxylation sites is 1. The maximum atomic E-state index is 13.8. The molecule has 162 valence electrons. The Kier molecular flexibility index (Phi) is 6.94. The maximum absolute atomic E-state index is 13.8. The van der Waals surface area contributed by atoms with Crippen LogP contribution in [0.5, 0.6) is 5.75 Å². The van der Waals surface area contributed by atoms with Gasteiger partial charge in [0.05, 0.1) is 5.69 Å². The molecule has 1 aromatic heterocycles. The molecule has 2 aliphatic rings. The Morgan fingerprint density at radius 3 is 2.60 bits per heavy atom. The fourth-order valence-electron chi connectivity index (χ4n) is 4.43. The summed E-state index contributed by atoms with van der Waals surface area (Å²) in [7, 11) is 0. The summed E-state index contributed by atoms with van der Waals surface area (Å²) >= 11 is 1.22. The van der Waals surface area contributed by atoms with E-state index in [9.17, 15) is 9.18 Å². The molecule has 0 saturated carbocycles. The summed E-state index contributed by atoms with van der Waals surface area (Å²) in [6.07, 6.45) is 5.61. The molecule has 0 atom stereocenters. The van der Waals surface area contributed by atoms with Gasteiger partial charge in [-0.3, -0.25) is 9.69 Å². The lowest BCUT2D eigenvalue weighted by Gasteiger charge is -2.41. The minimum absolute atomic E-state index is 0.0654. The Hall–Kier alpha value is -2.06. The van der Waals surface area contributed by atoms with Crippen molar-refractivity contribution in [1.82, 2.24) is 19.4 Å². The standard InChI is InChI=1S/C22H29FN4O2S/c1-2-5-19-21(30-25-24-19)22(28)27-12-8-16(9-13-27)26-14-10-17(11-15-26)29-20-7-4-3-6-18(20)23/h3-4,6-7,16-17H,2,5,8-15H2,1H3. The van der Waals surface area contributed by atoms with Crippen LogP contribution in [0.25, 0.3) is 0 Å². The van der Waals surface area contributed by atoms with Crippen molar-refractivity contribution in [3.8, 4) is 5.75 Å². The van der Waals surface area contributed by atoms with E-state index in [0.717, 1.165) is 70.4 Å². The summed E-state index contributed by atoms with van der Waals surface area (Å²) in [4.78, 5) is 18.1. The quantitative estimate of drug-likeness (QED) is 0.695. The molecule has 8 heteroatoms. The lowest BCUT2D eigenvalue weighted by atomic mass is 9.98. The van der Waals surface area contributed by atoms with Crippen LogP contribution in [-0.4, -0.2) is 63.6 Å². The molecule has 2 fully saturated rings. The Balaban J connectivity index is 1.25. The van der Waals surface area contributed by atoms with Crippen LogP contribution in [0.1, 0.15) is 54.4 Å². The molecule has 6 nitrogen and oxygen atoms in total. The van der Waals surface area contributed by atoms with Gasteiger partial charge in [0.1, 0.15) is 11.0 Å². The van der Waals surface area contributed by atoms with Crippen molar-refractivity contribution in [3.63, 3.8) is 0 Å². The minimum atomic E-state index is -0.296. The minimum Gasteiger partial charge on any atom is -0.487 e. The number of piperidine rings is 2. The van der Waals surface area contributed by atoms with Gasteiger partial charge in [0, 0.05) is 32.2 Å². The zero-order chi connectivity index (χ0) is 20.9. The lowest BCUT2D eigenvalue weighted by molar-refractivity contribution is 0.0418.